The molecule has 2 nitrogen and oxygen atoms in total. The molecule has 0 bridgehead atoms. The first-order valence-electron chi connectivity index (χ1n) is 8.05. The maximum absolute atomic E-state index is 12.3. The summed E-state index contributed by atoms with van der Waals surface area (Å²) < 4.78 is 0. The molecule has 1 amide bonds. The van der Waals surface area contributed by atoms with E-state index >= 15 is 0 Å². The highest BCUT2D eigenvalue weighted by Crippen LogP contribution is 2.27. The predicted molar refractivity (Wildman–Crippen MR) is 92.3 cm³/mol. The van der Waals surface area contributed by atoms with Crippen molar-refractivity contribution < 1.29 is 4.79 Å². The fraction of sp³-hybridized carbons (Fsp3) is 0.611. The van der Waals surface area contributed by atoms with E-state index in [2.05, 4.69) is 25.2 Å². The Labute approximate surface area is 133 Å². The molecular weight excluding hydrogens is 278 g/mol. The lowest BCUT2D eigenvalue weighted by atomic mass is 10.0. The molecule has 1 aromatic carbocycles. The van der Waals surface area contributed by atoms with Crippen LogP contribution in [-0.2, 0) is 0 Å². The van der Waals surface area contributed by atoms with Gasteiger partial charge in [0.2, 0.25) is 0 Å². The molecule has 1 N–H and O–H groups in total. The second-order valence-corrected chi connectivity index (χ2v) is 7.55. The summed E-state index contributed by atoms with van der Waals surface area (Å²) in [4.78, 5) is 12.3. The van der Waals surface area contributed by atoms with Crippen LogP contribution in [0.25, 0.3) is 0 Å². The van der Waals surface area contributed by atoms with E-state index in [4.69, 9.17) is 0 Å². The van der Waals surface area contributed by atoms with E-state index in [-0.39, 0.29) is 5.91 Å². The van der Waals surface area contributed by atoms with Gasteiger partial charge >= 0.3 is 0 Å². The van der Waals surface area contributed by atoms with E-state index in [0.29, 0.717) is 0 Å². The second kappa shape index (κ2) is 7.88. The lowest BCUT2D eigenvalue weighted by Crippen LogP contribution is -2.27. The minimum Gasteiger partial charge on any atom is -0.351 e. The third kappa shape index (κ3) is 4.77. The van der Waals surface area contributed by atoms with Crippen molar-refractivity contribution in [1.29, 1.82) is 0 Å². The van der Waals surface area contributed by atoms with Crippen molar-refractivity contribution in [3.05, 3.63) is 34.4 Å². The molecule has 0 heterocycles. The van der Waals surface area contributed by atoms with Crippen LogP contribution < -0.4 is 5.32 Å². The van der Waals surface area contributed by atoms with Crippen molar-refractivity contribution in [2.45, 2.75) is 58.1 Å². The lowest BCUT2D eigenvalue weighted by Gasteiger charge is -2.21. The Hall–Kier alpha value is -0.960. The highest BCUT2D eigenvalue weighted by Gasteiger charge is 2.14. The molecule has 0 spiro atoms. The predicted octanol–water partition coefficient (Wildman–Crippen LogP) is 4.41. The van der Waals surface area contributed by atoms with Crippen LogP contribution in [0.5, 0.6) is 0 Å². The van der Waals surface area contributed by atoms with Crippen molar-refractivity contribution in [2.24, 2.45) is 0 Å². The van der Waals surface area contributed by atoms with E-state index in [1.807, 2.05) is 24.8 Å². The number of hydrogen-bond donors (Lipinski definition) is 1. The van der Waals surface area contributed by atoms with Crippen LogP contribution >= 0.6 is 11.8 Å². The number of benzene rings is 1. The van der Waals surface area contributed by atoms with Gasteiger partial charge in [0.05, 0.1) is 0 Å². The molecule has 2 rings (SSSR count). The molecule has 0 saturated heterocycles. The third-order valence-corrected chi connectivity index (χ3v) is 5.76. The summed E-state index contributed by atoms with van der Waals surface area (Å²) in [6.45, 7) is 6.93. The molecule has 0 atom stereocenters. The Kier molecular flexibility index (Phi) is 6.16. The molecule has 116 valence electrons. The largest absolute Gasteiger partial charge is 0.351 e. The number of hydrogen-bond acceptors (Lipinski definition) is 2. The van der Waals surface area contributed by atoms with Gasteiger partial charge in [0.1, 0.15) is 0 Å². The zero-order chi connectivity index (χ0) is 15.2. The van der Waals surface area contributed by atoms with Gasteiger partial charge in [-0.25, -0.2) is 0 Å². The molecule has 0 aromatic heterocycles. The van der Waals surface area contributed by atoms with Crippen LogP contribution in [0.3, 0.4) is 0 Å². The summed E-state index contributed by atoms with van der Waals surface area (Å²) in [6.07, 6.45) is 6.88. The van der Waals surface area contributed by atoms with Gasteiger partial charge in [-0.15, -0.1) is 0 Å². The van der Waals surface area contributed by atoms with Gasteiger partial charge in [-0.2, -0.15) is 11.8 Å². The van der Waals surface area contributed by atoms with Crippen LogP contribution in [0.4, 0.5) is 0 Å². The number of thioether (sulfide) groups is 1. The number of nitrogens with one attached hydrogen (secondary N) is 1. The summed E-state index contributed by atoms with van der Waals surface area (Å²) >= 11 is 2.03. The summed E-state index contributed by atoms with van der Waals surface area (Å²) in [5, 5.41) is 3.88. The summed E-state index contributed by atoms with van der Waals surface area (Å²) in [5.74, 6) is 1.10. The number of carbonyl (C=O) groups is 1. The monoisotopic (exact) mass is 305 g/mol. The smallest absolute Gasteiger partial charge is 0.251 e. The van der Waals surface area contributed by atoms with Crippen LogP contribution in [0.15, 0.2) is 12.1 Å². The minimum atomic E-state index is 0.0693. The van der Waals surface area contributed by atoms with Gasteiger partial charge < -0.3 is 5.32 Å². The second-order valence-electron chi connectivity index (χ2n) is 6.14. The van der Waals surface area contributed by atoms with Crippen molar-refractivity contribution >= 4 is 17.7 Å². The van der Waals surface area contributed by atoms with Gasteiger partial charge in [0, 0.05) is 23.1 Å². The Morgan fingerprint density at radius 3 is 2.48 bits per heavy atom. The first-order valence-corrected chi connectivity index (χ1v) is 9.10. The topological polar surface area (TPSA) is 29.1 Å². The molecule has 1 saturated carbocycles. The molecule has 1 fully saturated rings. The first kappa shape index (κ1) is 16.4. The van der Waals surface area contributed by atoms with Crippen LogP contribution in [-0.4, -0.2) is 23.5 Å². The first-order chi connectivity index (χ1) is 10.1. The standard InChI is InChI=1S/C18H27NOS/c1-13-11-15(3)17(12-14(13)2)18(20)19-9-10-21-16-7-5-4-6-8-16/h11-12,16H,4-10H2,1-3H3,(H,19,20). The normalized spacial score (nSPS) is 16.0. The van der Waals surface area contributed by atoms with Gasteiger partial charge in [0.25, 0.3) is 5.91 Å². The van der Waals surface area contributed by atoms with Crippen LogP contribution in [0.2, 0.25) is 0 Å². The van der Waals surface area contributed by atoms with Gasteiger partial charge in [-0.3, -0.25) is 4.79 Å². The lowest BCUT2D eigenvalue weighted by molar-refractivity contribution is 0.0955. The van der Waals surface area contributed by atoms with Gasteiger partial charge in [0.15, 0.2) is 0 Å². The summed E-state index contributed by atoms with van der Waals surface area (Å²) in [5.41, 5.74) is 4.32. The summed E-state index contributed by atoms with van der Waals surface area (Å²) in [6, 6.07) is 4.11. The van der Waals surface area contributed by atoms with E-state index in [9.17, 15) is 4.79 Å². The SMILES string of the molecule is Cc1cc(C)c(C(=O)NCCSC2CCCCC2)cc1C. The highest BCUT2D eigenvalue weighted by molar-refractivity contribution is 7.99. The van der Waals surface area contributed by atoms with E-state index in [0.717, 1.165) is 28.7 Å². The van der Waals surface area contributed by atoms with Crippen LogP contribution in [0, 0.1) is 20.8 Å². The zero-order valence-electron chi connectivity index (χ0n) is 13.5. The molecule has 1 aromatic rings. The van der Waals surface area contributed by atoms with Crippen LogP contribution in [0.1, 0.15) is 59.2 Å². The Bertz CT molecular complexity index is 492. The maximum atomic E-state index is 12.3. The van der Waals surface area contributed by atoms with Crippen molar-refractivity contribution in [3.63, 3.8) is 0 Å². The average molecular weight is 305 g/mol. The van der Waals surface area contributed by atoms with Gasteiger partial charge in [-0.05, 0) is 56.4 Å². The highest BCUT2D eigenvalue weighted by atomic mass is 32.2. The minimum absolute atomic E-state index is 0.0693. The molecule has 1 aliphatic carbocycles. The number of carbonyl (C=O) groups excluding carboxylic acids is 1. The molecule has 0 radical (unpaired) electrons. The number of aryl methyl sites for hydroxylation is 3. The molecule has 3 heteroatoms. The van der Waals surface area contributed by atoms with Gasteiger partial charge in [-0.1, -0.05) is 25.3 Å². The molecule has 0 unspecified atom stereocenters. The van der Waals surface area contributed by atoms with E-state index in [1.165, 1.54) is 43.2 Å². The van der Waals surface area contributed by atoms with Crippen molar-refractivity contribution in [1.82, 2.24) is 5.32 Å². The third-order valence-electron chi connectivity index (χ3n) is 4.38. The Morgan fingerprint density at radius 2 is 1.76 bits per heavy atom. The molecule has 21 heavy (non-hydrogen) atoms. The Balaban J connectivity index is 1.78. The molecular formula is C18H27NOS. The Morgan fingerprint density at radius 1 is 1.10 bits per heavy atom. The zero-order valence-corrected chi connectivity index (χ0v) is 14.3. The molecule has 0 aliphatic heterocycles. The maximum Gasteiger partial charge on any atom is 0.251 e. The fourth-order valence-electron chi connectivity index (χ4n) is 2.92. The van der Waals surface area contributed by atoms with E-state index in [1.54, 1.807) is 0 Å². The quantitative estimate of drug-likeness (QED) is 0.817. The van der Waals surface area contributed by atoms with Crippen molar-refractivity contribution in [3.8, 4) is 0 Å². The fourth-order valence-corrected chi connectivity index (χ4v) is 4.14. The molecule has 1 aliphatic rings. The number of rotatable bonds is 5. The average Bonchev–Trinajstić information content (AvgIpc) is 2.48. The van der Waals surface area contributed by atoms with E-state index < -0.39 is 0 Å². The van der Waals surface area contributed by atoms with Crippen molar-refractivity contribution in [2.75, 3.05) is 12.3 Å². The number of amides is 1. The summed E-state index contributed by atoms with van der Waals surface area (Å²) in [7, 11) is 0.